The monoisotopic (exact) mass is 295 g/mol. The van der Waals surface area contributed by atoms with E-state index in [1.54, 1.807) is 0 Å². The van der Waals surface area contributed by atoms with Gasteiger partial charge in [-0.05, 0) is 49.9 Å². The summed E-state index contributed by atoms with van der Waals surface area (Å²) in [4.78, 5) is 12.3. The zero-order valence-electron chi connectivity index (χ0n) is 14.1. The first-order valence-corrected chi connectivity index (χ1v) is 8.80. The summed E-state index contributed by atoms with van der Waals surface area (Å²) >= 11 is 0. The van der Waals surface area contributed by atoms with Gasteiger partial charge in [-0.2, -0.15) is 0 Å². The smallest absolute Gasteiger partial charge is 0.223 e. The Labute approximate surface area is 129 Å². The Morgan fingerprint density at radius 1 is 1.10 bits per heavy atom. The Bertz CT molecular complexity index is 345. The average Bonchev–Trinajstić information content (AvgIpc) is 2.45. The van der Waals surface area contributed by atoms with Crippen molar-refractivity contribution >= 4 is 5.91 Å². The fourth-order valence-corrected chi connectivity index (χ4v) is 4.00. The quantitative estimate of drug-likeness (QED) is 0.835. The van der Waals surface area contributed by atoms with E-state index in [9.17, 15) is 9.90 Å². The van der Waals surface area contributed by atoms with Gasteiger partial charge in [-0.1, -0.05) is 40.0 Å². The van der Waals surface area contributed by atoms with E-state index >= 15 is 0 Å². The molecule has 1 amide bonds. The maximum absolute atomic E-state index is 12.3. The molecule has 0 bridgehead atoms. The lowest BCUT2D eigenvalue weighted by atomic mass is 9.69. The molecule has 0 atom stereocenters. The summed E-state index contributed by atoms with van der Waals surface area (Å²) in [6.07, 6.45) is 9.39. The number of hydrogen-bond donors (Lipinski definition) is 2. The molecule has 2 saturated carbocycles. The molecule has 2 rings (SSSR count). The molecule has 0 aliphatic heterocycles. The molecule has 0 heterocycles. The van der Waals surface area contributed by atoms with E-state index < -0.39 is 5.60 Å². The van der Waals surface area contributed by atoms with Crippen molar-refractivity contribution in [2.75, 3.05) is 6.54 Å². The predicted molar refractivity (Wildman–Crippen MR) is 85.9 cm³/mol. The van der Waals surface area contributed by atoms with Crippen LogP contribution < -0.4 is 5.32 Å². The van der Waals surface area contributed by atoms with Gasteiger partial charge in [-0.3, -0.25) is 4.79 Å². The van der Waals surface area contributed by atoms with Crippen LogP contribution in [0.2, 0.25) is 0 Å². The first-order valence-electron chi connectivity index (χ1n) is 8.80. The fraction of sp³-hybridized carbons (Fsp3) is 0.944. The molecule has 0 aromatic carbocycles. The highest BCUT2D eigenvalue weighted by Gasteiger charge is 2.34. The molecule has 0 radical (unpaired) electrons. The molecule has 2 aliphatic carbocycles. The van der Waals surface area contributed by atoms with Crippen molar-refractivity contribution in [3.05, 3.63) is 0 Å². The zero-order chi connectivity index (χ0) is 15.5. The number of carbonyl (C=O) groups excluding carboxylic acids is 1. The zero-order valence-corrected chi connectivity index (χ0v) is 14.1. The van der Waals surface area contributed by atoms with Crippen LogP contribution in [0.1, 0.15) is 78.6 Å². The molecular formula is C18H33NO2. The third kappa shape index (κ3) is 4.70. The summed E-state index contributed by atoms with van der Waals surface area (Å²) in [6.45, 7) is 7.36. The lowest BCUT2D eigenvalue weighted by molar-refractivity contribution is -0.128. The van der Waals surface area contributed by atoms with Gasteiger partial charge in [-0.25, -0.2) is 0 Å². The van der Waals surface area contributed by atoms with Crippen LogP contribution in [0.4, 0.5) is 0 Å². The van der Waals surface area contributed by atoms with E-state index in [4.69, 9.17) is 0 Å². The summed E-state index contributed by atoms with van der Waals surface area (Å²) in [5.41, 5.74) is -0.283. The molecule has 0 aromatic rings. The topological polar surface area (TPSA) is 49.3 Å². The molecule has 0 unspecified atom stereocenters. The molecule has 122 valence electrons. The van der Waals surface area contributed by atoms with E-state index in [0.29, 0.717) is 12.0 Å². The van der Waals surface area contributed by atoms with Crippen LogP contribution in [0.25, 0.3) is 0 Å². The van der Waals surface area contributed by atoms with Crippen molar-refractivity contribution in [1.29, 1.82) is 0 Å². The van der Waals surface area contributed by atoms with Gasteiger partial charge < -0.3 is 10.4 Å². The van der Waals surface area contributed by atoms with Crippen LogP contribution in [0.5, 0.6) is 0 Å². The Morgan fingerprint density at radius 3 is 2.19 bits per heavy atom. The van der Waals surface area contributed by atoms with Gasteiger partial charge in [0.2, 0.25) is 5.91 Å². The lowest BCUT2D eigenvalue weighted by Crippen LogP contribution is -2.46. The van der Waals surface area contributed by atoms with Crippen LogP contribution >= 0.6 is 0 Å². The summed E-state index contributed by atoms with van der Waals surface area (Å²) in [6, 6.07) is 0. The van der Waals surface area contributed by atoms with Crippen LogP contribution in [-0.4, -0.2) is 23.2 Å². The van der Waals surface area contributed by atoms with Crippen LogP contribution in [0.3, 0.4) is 0 Å². The third-order valence-electron chi connectivity index (χ3n) is 5.70. The highest BCUT2D eigenvalue weighted by atomic mass is 16.3. The second kappa shape index (κ2) is 6.68. The van der Waals surface area contributed by atoms with E-state index in [2.05, 4.69) is 26.1 Å². The second-order valence-electron chi connectivity index (χ2n) is 8.42. The number of rotatable bonds is 3. The van der Waals surface area contributed by atoms with Crippen molar-refractivity contribution in [2.45, 2.75) is 84.2 Å². The van der Waals surface area contributed by atoms with E-state index in [0.717, 1.165) is 57.3 Å². The van der Waals surface area contributed by atoms with Gasteiger partial charge in [-0.15, -0.1) is 0 Å². The van der Waals surface area contributed by atoms with Crippen molar-refractivity contribution in [1.82, 2.24) is 5.32 Å². The van der Waals surface area contributed by atoms with Crippen molar-refractivity contribution in [3.8, 4) is 0 Å². The highest BCUT2D eigenvalue weighted by molar-refractivity contribution is 5.78. The first kappa shape index (κ1) is 16.8. The third-order valence-corrected chi connectivity index (χ3v) is 5.70. The van der Waals surface area contributed by atoms with Crippen molar-refractivity contribution in [3.63, 3.8) is 0 Å². The predicted octanol–water partition coefficient (Wildman–Crippen LogP) is 3.65. The maximum Gasteiger partial charge on any atom is 0.223 e. The molecule has 3 heteroatoms. The van der Waals surface area contributed by atoms with E-state index in [-0.39, 0.29) is 11.8 Å². The number of carbonyl (C=O) groups is 1. The number of aliphatic hydroxyl groups is 1. The Kier molecular flexibility index (Phi) is 5.34. The first-order chi connectivity index (χ1) is 9.80. The summed E-state index contributed by atoms with van der Waals surface area (Å²) < 4.78 is 0. The molecule has 2 fully saturated rings. The summed E-state index contributed by atoms with van der Waals surface area (Å²) in [5.74, 6) is 1.07. The van der Waals surface area contributed by atoms with Gasteiger partial charge >= 0.3 is 0 Å². The molecule has 0 saturated heterocycles. The average molecular weight is 295 g/mol. The van der Waals surface area contributed by atoms with Gasteiger partial charge in [0.15, 0.2) is 0 Å². The largest absolute Gasteiger partial charge is 0.388 e. The summed E-state index contributed by atoms with van der Waals surface area (Å²) in [5, 5.41) is 13.5. The molecular weight excluding hydrogens is 262 g/mol. The van der Waals surface area contributed by atoms with Crippen LogP contribution in [-0.2, 0) is 4.79 Å². The number of nitrogens with one attached hydrogen (secondary N) is 1. The molecule has 2 N–H and O–H groups in total. The lowest BCUT2D eigenvalue weighted by Gasteiger charge is -2.37. The van der Waals surface area contributed by atoms with Crippen LogP contribution in [0, 0.1) is 17.3 Å². The fourth-order valence-electron chi connectivity index (χ4n) is 4.00. The molecule has 0 spiro atoms. The molecule has 0 aromatic heterocycles. The van der Waals surface area contributed by atoms with Crippen LogP contribution in [0.15, 0.2) is 0 Å². The Morgan fingerprint density at radius 2 is 1.67 bits per heavy atom. The summed E-state index contributed by atoms with van der Waals surface area (Å²) in [7, 11) is 0. The van der Waals surface area contributed by atoms with Gasteiger partial charge in [0.25, 0.3) is 0 Å². The Balaban J connectivity index is 1.75. The standard InChI is InChI=1S/C18H33NO2/c1-17(2,3)15-9-7-14(8-10-15)16(20)19-13-18(21)11-5-4-6-12-18/h14-15,21H,4-13H2,1-3H3,(H,19,20). The van der Waals surface area contributed by atoms with Gasteiger partial charge in [0, 0.05) is 12.5 Å². The minimum Gasteiger partial charge on any atom is -0.388 e. The highest BCUT2D eigenvalue weighted by Crippen LogP contribution is 2.39. The van der Waals surface area contributed by atoms with Gasteiger partial charge in [0.1, 0.15) is 0 Å². The number of amides is 1. The number of hydrogen-bond acceptors (Lipinski definition) is 2. The molecule has 3 nitrogen and oxygen atoms in total. The minimum atomic E-state index is -0.642. The maximum atomic E-state index is 12.3. The Hall–Kier alpha value is -0.570. The van der Waals surface area contributed by atoms with Crippen molar-refractivity contribution in [2.24, 2.45) is 17.3 Å². The normalized spacial score (nSPS) is 29.9. The SMILES string of the molecule is CC(C)(C)C1CCC(C(=O)NCC2(O)CCCCC2)CC1. The minimum absolute atomic E-state index is 0.163. The van der Waals surface area contributed by atoms with E-state index in [1.807, 2.05) is 0 Å². The van der Waals surface area contributed by atoms with E-state index in [1.165, 1.54) is 6.42 Å². The van der Waals surface area contributed by atoms with Gasteiger partial charge in [0.05, 0.1) is 5.60 Å². The molecule has 2 aliphatic rings. The molecule has 21 heavy (non-hydrogen) atoms. The second-order valence-corrected chi connectivity index (χ2v) is 8.42. The van der Waals surface area contributed by atoms with Crippen molar-refractivity contribution < 1.29 is 9.90 Å².